The van der Waals surface area contributed by atoms with Crippen LogP contribution >= 0.6 is 0 Å². The van der Waals surface area contributed by atoms with Gasteiger partial charge in [0.15, 0.2) is 9.84 Å². The van der Waals surface area contributed by atoms with Gasteiger partial charge in [-0.1, -0.05) is 38.8 Å². The maximum atomic E-state index is 14.2. The van der Waals surface area contributed by atoms with Crippen LogP contribution in [-0.2, 0) is 9.84 Å². The highest BCUT2D eigenvalue weighted by Gasteiger charge is 2.48. The highest BCUT2D eigenvalue weighted by molar-refractivity contribution is 7.91. The molecular formula is C22H28FNO3S. The van der Waals surface area contributed by atoms with Crippen LogP contribution in [0.25, 0.3) is 0 Å². The minimum atomic E-state index is -3.68. The molecule has 2 aromatic rings. The van der Waals surface area contributed by atoms with Crippen LogP contribution in [0.15, 0.2) is 47.6 Å². The molecule has 1 aliphatic rings. The Labute approximate surface area is 167 Å². The van der Waals surface area contributed by atoms with E-state index in [9.17, 15) is 17.9 Å². The lowest BCUT2D eigenvalue weighted by atomic mass is 9.69. The van der Waals surface area contributed by atoms with Crippen LogP contribution in [0.5, 0.6) is 0 Å². The lowest BCUT2D eigenvalue weighted by Crippen LogP contribution is -2.43. The van der Waals surface area contributed by atoms with Gasteiger partial charge in [0.25, 0.3) is 0 Å². The number of rotatable bonds is 5. The molecule has 0 spiro atoms. The maximum Gasteiger partial charge on any atom is 0.179 e. The molecule has 28 heavy (non-hydrogen) atoms. The molecule has 2 heterocycles. The van der Waals surface area contributed by atoms with Crippen molar-refractivity contribution in [2.45, 2.75) is 56.4 Å². The summed E-state index contributed by atoms with van der Waals surface area (Å²) < 4.78 is 42.3. The molecule has 0 radical (unpaired) electrons. The van der Waals surface area contributed by atoms with Crippen LogP contribution in [0.2, 0.25) is 0 Å². The standard InChI is InChI=1S/C22H28FNO3S/c1-4-6-11-22(5-2)15-28(26,27)19-10-9-17(23)13-18(19)20(21(22)25)16-8-7-12-24(3)14-16/h7-10,12-14,20-21,25H,3-6,11,15H2,1-2H3/t20-,21-,22?/m1/s1. The average molecular weight is 406 g/mol. The summed E-state index contributed by atoms with van der Waals surface area (Å²) in [6, 6.07) is 7.41. The van der Waals surface area contributed by atoms with E-state index >= 15 is 0 Å². The first-order chi connectivity index (χ1) is 13.2. The van der Waals surface area contributed by atoms with E-state index in [-0.39, 0.29) is 10.6 Å². The van der Waals surface area contributed by atoms with E-state index in [1.807, 2.05) is 19.9 Å². The predicted molar refractivity (Wildman–Crippen MR) is 106 cm³/mol. The molecule has 3 rings (SSSR count). The minimum absolute atomic E-state index is 0.115. The first-order valence-corrected chi connectivity index (χ1v) is 11.4. The molecule has 1 aromatic heterocycles. The normalized spacial score (nSPS) is 26.4. The molecule has 0 amide bonds. The van der Waals surface area contributed by atoms with Crippen LogP contribution < -0.4 is 4.57 Å². The number of sulfone groups is 1. The van der Waals surface area contributed by atoms with E-state index < -0.39 is 33.1 Å². The van der Waals surface area contributed by atoms with Gasteiger partial charge in [0.05, 0.1) is 29.1 Å². The third-order valence-electron chi connectivity index (χ3n) is 6.04. The van der Waals surface area contributed by atoms with Gasteiger partial charge in [-0.3, -0.25) is 0 Å². The van der Waals surface area contributed by atoms with Crippen LogP contribution in [-0.4, -0.2) is 25.4 Å². The number of aliphatic hydroxyl groups is 1. The fourth-order valence-corrected chi connectivity index (χ4v) is 6.69. The van der Waals surface area contributed by atoms with E-state index in [0.717, 1.165) is 18.4 Å². The van der Waals surface area contributed by atoms with Crippen molar-refractivity contribution in [3.63, 3.8) is 0 Å². The van der Waals surface area contributed by atoms with E-state index in [2.05, 4.69) is 7.05 Å². The molecule has 1 unspecified atom stereocenters. The SMILES string of the molecule is [CH2-][n+]1cccc([C@@H]2c3cc(F)ccc3S(=O)(=O)CC(CC)(CCCC)[C@@H]2O)c1. The van der Waals surface area contributed by atoms with E-state index in [0.29, 0.717) is 18.4 Å². The molecule has 4 nitrogen and oxygen atoms in total. The molecule has 1 N–H and O–H groups in total. The van der Waals surface area contributed by atoms with Crippen molar-refractivity contribution in [3.8, 4) is 0 Å². The Morgan fingerprint density at radius 2 is 2.07 bits per heavy atom. The molecule has 6 heteroatoms. The molecular weight excluding hydrogens is 377 g/mol. The predicted octanol–water partition coefficient (Wildman–Crippen LogP) is 3.62. The second-order valence-electron chi connectivity index (χ2n) is 7.83. The number of hydrogen-bond donors (Lipinski definition) is 1. The number of pyridine rings is 1. The van der Waals surface area contributed by atoms with Gasteiger partial charge < -0.3 is 9.67 Å². The van der Waals surface area contributed by atoms with Crippen molar-refractivity contribution < 1.29 is 22.5 Å². The number of aliphatic hydroxyl groups excluding tert-OH is 1. The third kappa shape index (κ3) is 3.67. The number of nitrogens with zero attached hydrogens (tertiary/aromatic N) is 1. The van der Waals surface area contributed by atoms with E-state index in [1.54, 1.807) is 23.0 Å². The maximum absolute atomic E-state index is 14.2. The van der Waals surface area contributed by atoms with E-state index in [1.165, 1.54) is 18.2 Å². The summed E-state index contributed by atoms with van der Waals surface area (Å²) in [6.45, 7) is 3.97. The van der Waals surface area contributed by atoms with Gasteiger partial charge in [-0.05, 0) is 42.2 Å². The first-order valence-electron chi connectivity index (χ1n) is 9.76. The van der Waals surface area contributed by atoms with Crippen molar-refractivity contribution in [2.75, 3.05) is 5.75 Å². The Hall–Kier alpha value is -1.92. The quantitative estimate of drug-likeness (QED) is 0.470. The Morgan fingerprint density at radius 1 is 1.32 bits per heavy atom. The highest BCUT2D eigenvalue weighted by Crippen LogP contribution is 2.48. The molecule has 3 atom stereocenters. The number of fused-ring (bicyclic) bond motifs is 1. The summed E-state index contributed by atoms with van der Waals surface area (Å²) in [5, 5.41) is 11.6. The van der Waals surface area contributed by atoms with Gasteiger partial charge in [-0.2, -0.15) is 0 Å². The zero-order chi connectivity index (χ0) is 20.5. The first kappa shape index (κ1) is 20.8. The van der Waals surface area contributed by atoms with Crippen LogP contribution in [0, 0.1) is 18.3 Å². The van der Waals surface area contributed by atoms with Gasteiger partial charge in [0.1, 0.15) is 5.82 Å². The summed E-state index contributed by atoms with van der Waals surface area (Å²) in [4.78, 5) is 0.115. The highest BCUT2D eigenvalue weighted by atomic mass is 32.2. The molecule has 152 valence electrons. The fourth-order valence-electron chi connectivity index (χ4n) is 4.44. The lowest BCUT2D eigenvalue weighted by molar-refractivity contribution is -0.612. The lowest BCUT2D eigenvalue weighted by Gasteiger charge is -2.39. The Morgan fingerprint density at radius 3 is 2.71 bits per heavy atom. The number of hydrogen-bond acceptors (Lipinski definition) is 3. The molecule has 0 aliphatic carbocycles. The van der Waals surface area contributed by atoms with Crippen LogP contribution in [0.1, 0.15) is 56.6 Å². The van der Waals surface area contributed by atoms with Crippen molar-refractivity contribution in [1.29, 1.82) is 0 Å². The average Bonchev–Trinajstić information content (AvgIpc) is 2.71. The topological polar surface area (TPSA) is 58.2 Å². The molecule has 0 saturated heterocycles. The summed E-state index contributed by atoms with van der Waals surface area (Å²) in [6.07, 6.45) is 5.43. The summed E-state index contributed by atoms with van der Waals surface area (Å²) in [5.74, 6) is -1.29. The molecule has 0 fully saturated rings. The van der Waals surface area contributed by atoms with Crippen LogP contribution in [0.3, 0.4) is 0 Å². The molecule has 0 bridgehead atoms. The van der Waals surface area contributed by atoms with Gasteiger partial charge in [0, 0.05) is 18.4 Å². The number of benzene rings is 1. The number of halogens is 1. The third-order valence-corrected chi connectivity index (χ3v) is 8.03. The van der Waals surface area contributed by atoms with Crippen molar-refractivity contribution in [1.82, 2.24) is 0 Å². The second-order valence-corrected chi connectivity index (χ2v) is 9.79. The summed E-state index contributed by atoms with van der Waals surface area (Å²) in [5.41, 5.74) is 0.255. The van der Waals surface area contributed by atoms with Gasteiger partial charge in [0.2, 0.25) is 0 Å². The van der Waals surface area contributed by atoms with Gasteiger partial charge in [-0.25, -0.2) is 12.8 Å². The van der Waals surface area contributed by atoms with Crippen molar-refractivity contribution >= 4 is 9.84 Å². The summed E-state index contributed by atoms with van der Waals surface area (Å²) in [7, 11) is 0.197. The Bertz CT molecular complexity index is 960. The number of unbranched alkanes of at least 4 members (excludes halogenated alkanes) is 1. The van der Waals surface area contributed by atoms with Crippen molar-refractivity contribution in [3.05, 3.63) is 66.7 Å². The van der Waals surface area contributed by atoms with E-state index in [4.69, 9.17) is 0 Å². The van der Waals surface area contributed by atoms with Gasteiger partial charge >= 0.3 is 0 Å². The van der Waals surface area contributed by atoms with Gasteiger partial charge in [-0.15, -0.1) is 0 Å². The zero-order valence-electron chi connectivity index (χ0n) is 16.4. The fraction of sp³-hybridized carbons (Fsp3) is 0.455. The largest absolute Gasteiger partial charge is 0.392 e. The molecule has 1 aliphatic heterocycles. The molecule has 0 saturated carbocycles. The summed E-state index contributed by atoms with van der Waals surface area (Å²) >= 11 is 0. The second kappa shape index (κ2) is 7.84. The zero-order valence-corrected chi connectivity index (χ0v) is 17.3. The Balaban J connectivity index is 2.30. The smallest absolute Gasteiger partial charge is 0.179 e. The minimum Gasteiger partial charge on any atom is -0.392 e. The Kier molecular flexibility index (Phi) is 5.82. The van der Waals surface area contributed by atoms with Crippen molar-refractivity contribution in [2.24, 2.45) is 5.41 Å². The van der Waals surface area contributed by atoms with Crippen LogP contribution in [0.4, 0.5) is 4.39 Å². The molecule has 1 aromatic carbocycles. The monoisotopic (exact) mass is 405 g/mol. The number of aromatic nitrogens is 1.